The maximum absolute atomic E-state index is 4.36. The minimum atomic E-state index is 0.300. The third kappa shape index (κ3) is 5.59. The lowest BCUT2D eigenvalue weighted by Crippen LogP contribution is -2.26. The van der Waals surface area contributed by atoms with Gasteiger partial charge in [-0.2, -0.15) is 0 Å². The molecule has 2 unspecified atom stereocenters. The van der Waals surface area contributed by atoms with E-state index in [4.69, 9.17) is 0 Å². The molecule has 0 aliphatic carbocycles. The molecule has 0 spiro atoms. The second kappa shape index (κ2) is 9.03. The molecule has 25 heavy (non-hydrogen) atoms. The fraction of sp³-hybridized carbons (Fsp3) is 0.522. The van der Waals surface area contributed by atoms with Crippen LogP contribution in [0.5, 0.6) is 0 Å². The van der Waals surface area contributed by atoms with Crippen LogP contribution in [0.1, 0.15) is 59.9 Å². The molecule has 0 aromatic heterocycles. The summed E-state index contributed by atoms with van der Waals surface area (Å²) in [5, 5.41) is 3.15. The highest BCUT2D eigenvalue weighted by atomic mass is 14.8. The number of hydrogen-bond donors (Lipinski definition) is 1. The lowest BCUT2D eigenvalue weighted by molar-refractivity contribution is 0.161. The Bertz CT molecular complexity index is 614. The number of anilines is 1. The van der Waals surface area contributed by atoms with Gasteiger partial charge in [0.25, 0.3) is 0 Å². The molecule has 0 fully saturated rings. The summed E-state index contributed by atoms with van der Waals surface area (Å²) in [7, 11) is 1.93. The summed E-state index contributed by atoms with van der Waals surface area (Å²) in [6.07, 6.45) is 2.12. The fourth-order valence-electron chi connectivity index (χ4n) is 3.88. The van der Waals surface area contributed by atoms with E-state index in [2.05, 4.69) is 89.4 Å². The van der Waals surface area contributed by atoms with Gasteiger partial charge in [-0.1, -0.05) is 59.8 Å². The quantitative estimate of drug-likeness (QED) is 0.408. The Morgan fingerprint density at radius 3 is 2.16 bits per heavy atom. The second-order valence-corrected chi connectivity index (χ2v) is 8.10. The van der Waals surface area contributed by atoms with Crippen LogP contribution in [0.3, 0.4) is 0 Å². The van der Waals surface area contributed by atoms with E-state index in [9.17, 15) is 0 Å². The molecular formula is C23H36N2. The van der Waals surface area contributed by atoms with Crippen molar-refractivity contribution < 1.29 is 0 Å². The van der Waals surface area contributed by atoms with Crippen molar-refractivity contribution >= 4 is 18.0 Å². The molecule has 1 N–H and O–H groups in total. The number of benzene rings is 1. The molecule has 2 atom stereocenters. The van der Waals surface area contributed by atoms with Gasteiger partial charge in [0.05, 0.1) is 0 Å². The topological polar surface area (TPSA) is 24.4 Å². The largest absolute Gasteiger partial charge is 0.388 e. The van der Waals surface area contributed by atoms with Crippen molar-refractivity contribution in [1.29, 1.82) is 0 Å². The molecule has 0 saturated heterocycles. The van der Waals surface area contributed by atoms with Gasteiger partial charge >= 0.3 is 0 Å². The average molecular weight is 341 g/mol. The van der Waals surface area contributed by atoms with Gasteiger partial charge in [-0.15, -0.1) is 0 Å². The predicted molar refractivity (Wildman–Crippen MR) is 114 cm³/mol. The summed E-state index contributed by atoms with van der Waals surface area (Å²) in [5.74, 6) is 1.21. The van der Waals surface area contributed by atoms with Crippen molar-refractivity contribution in [1.82, 2.24) is 0 Å². The Morgan fingerprint density at radius 2 is 1.76 bits per heavy atom. The first kappa shape index (κ1) is 21.2. The lowest BCUT2D eigenvalue weighted by atomic mass is 9.71. The highest BCUT2D eigenvalue weighted by Crippen LogP contribution is 2.38. The van der Waals surface area contributed by atoms with Gasteiger partial charge in [0.1, 0.15) is 0 Å². The molecule has 1 aromatic rings. The van der Waals surface area contributed by atoms with Crippen LogP contribution in [0.2, 0.25) is 0 Å². The number of nitrogens with one attached hydrogen (secondary N) is 1. The van der Waals surface area contributed by atoms with E-state index in [1.165, 1.54) is 6.42 Å². The summed E-state index contributed by atoms with van der Waals surface area (Å²) < 4.78 is 0. The molecule has 1 rings (SSSR count). The van der Waals surface area contributed by atoms with Crippen LogP contribution in [-0.4, -0.2) is 13.8 Å². The van der Waals surface area contributed by atoms with Crippen molar-refractivity contribution in [3.63, 3.8) is 0 Å². The predicted octanol–water partition coefficient (Wildman–Crippen LogP) is 6.81. The number of hydrogen-bond acceptors (Lipinski definition) is 2. The summed E-state index contributed by atoms with van der Waals surface area (Å²) in [6, 6.07) is 8.35. The van der Waals surface area contributed by atoms with Crippen molar-refractivity contribution in [2.45, 2.75) is 54.4 Å². The van der Waals surface area contributed by atoms with Crippen molar-refractivity contribution in [2.75, 3.05) is 12.4 Å². The monoisotopic (exact) mass is 340 g/mol. The molecule has 0 aliphatic rings. The first-order chi connectivity index (χ1) is 11.6. The molecule has 0 bridgehead atoms. The minimum Gasteiger partial charge on any atom is -0.388 e. The Morgan fingerprint density at radius 1 is 1.20 bits per heavy atom. The van der Waals surface area contributed by atoms with E-state index in [-0.39, 0.29) is 0 Å². The Labute approximate surface area is 155 Å². The van der Waals surface area contributed by atoms with E-state index in [1.54, 1.807) is 0 Å². The summed E-state index contributed by atoms with van der Waals surface area (Å²) in [6.45, 7) is 21.9. The maximum Gasteiger partial charge on any atom is 0.0434 e. The first-order valence-electron chi connectivity index (χ1n) is 9.29. The molecular weight excluding hydrogens is 304 g/mol. The van der Waals surface area contributed by atoms with Crippen LogP contribution in [0.25, 0.3) is 5.57 Å². The number of nitrogens with zero attached hydrogens (tertiary/aromatic N) is 1. The second-order valence-electron chi connectivity index (χ2n) is 8.10. The summed E-state index contributed by atoms with van der Waals surface area (Å²) in [5.41, 5.74) is 5.77. The Hall–Kier alpha value is -1.83. The molecule has 0 heterocycles. The summed E-state index contributed by atoms with van der Waals surface area (Å²) >= 11 is 0. The number of allylic oxidation sites excluding steroid dienone is 3. The van der Waals surface area contributed by atoms with Gasteiger partial charge in [-0.05, 0) is 66.2 Å². The highest BCUT2D eigenvalue weighted by Gasteiger charge is 2.28. The van der Waals surface area contributed by atoms with Crippen molar-refractivity contribution in [3.05, 3.63) is 47.7 Å². The molecule has 2 heteroatoms. The first-order valence-corrected chi connectivity index (χ1v) is 9.29. The van der Waals surface area contributed by atoms with Crippen LogP contribution in [0, 0.1) is 17.3 Å². The lowest BCUT2D eigenvalue weighted by Gasteiger charge is -2.35. The van der Waals surface area contributed by atoms with E-state index < -0.39 is 0 Å². The van der Waals surface area contributed by atoms with Crippen molar-refractivity contribution in [2.24, 2.45) is 22.2 Å². The maximum atomic E-state index is 4.36. The molecule has 1 aromatic carbocycles. The van der Waals surface area contributed by atoms with Crippen LogP contribution >= 0.6 is 0 Å². The van der Waals surface area contributed by atoms with E-state index in [0.29, 0.717) is 17.3 Å². The third-order valence-electron chi connectivity index (χ3n) is 5.35. The van der Waals surface area contributed by atoms with Crippen LogP contribution < -0.4 is 5.32 Å². The SMILES string of the molecule is C=N/C(CC(C)C(CC)C(C)(C)C)=C(/C)C(=C)c1ccc(NC)cc1. The summed E-state index contributed by atoms with van der Waals surface area (Å²) in [4.78, 5) is 4.36. The Balaban J connectivity index is 3.04. The van der Waals surface area contributed by atoms with Gasteiger partial charge in [0.15, 0.2) is 0 Å². The molecule has 0 saturated carbocycles. The van der Waals surface area contributed by atoms with Crippen molar-refractivity contribution in [3.8, 4) is 0 Å². The number of aliphatic imine (C=N–C) groups is 1. The van der Waals surface area contributed by atoms with Gasteiger partial charge in [-0.3, -0.25) is 4.99 Å². The molecule has 138 valence electrons. The molecule has 0 radical (unpaired) electrons. The molecule has 2 nitrogen and oxygen atoms in total. The van der Waals surface area contributed by atoms with Crippen LogP contribution in [0.15, 0.2) is 47.1 Å². The highest BCUT2D eigenvalue weighted by molar-refractivity contribution is 5.78. The van der Waals surface area contributed by atoms with Crippen LogP contribution in [-0.2, 0) is 0 Å². The minimum absolute atomic E-state index is 0.300. The van der Waals surface area contributed by atoms with Gasteiger partial charge in [-0.25, -0.2) is 0 Å². The molecule has 0 aliphatic heterocycles. The van der Waals surface area contributed by atoms with E-state index >= 15 is 0 Å². The zero-order valence-corrected chi connectivity index (χ0v) is 17.2. The van der Waals surface area contributed by atoms with Crippen LogP contribution in [0.4, 0.5) is 5.69 Å². The van der Waals surface area contributed by atoms with Gasteiger partial charge in [0.2, 0.25) is 0 Å². The average Bonchev–Trinajstić information content (AvgIpc) is 2.57. The van der Waals surface area contributed by atoms with Gasteiger partial charge in [0, 0.05) is 18.4 Å². The fourth-order valence-corrected chi connectivity index (χ4v) is 3.88. The smallest absolute Gasteiger partial charge is 0.0434 e. The van der Waals surface area contributed by atoms with Gasteiger partial charge < -0.3 is 5.32 Å². The Kier molecular flexibility index (Phi) is 7.66. The standard InChI is InChI=1S/C23H36N2/c1-10-21(23(5,6)7)16(2)15-22(25-9)18(4)17(3)19-11-13-20(24-8)14-12-19/h11-14,16,21,24H,3,9-10,15H2,1-2,4-8H3/b22-18-. The van der Waals surface area contributed by atoms with E-state index in [0.717, 1.165) is 34.5 Å². The van der Waals surface area contributed by atoms with E-state index in [1.807, 2.05) is 7.05 Å². The zero-order valence-electron chi connectivity index (χ0n) is 17.2. The molecule has 0 amide bonds. The zero-order chi connectivity index (χ0) is 19.2. The normalized spacial score (nSPS) is 15.2. The number of rotatable bonds is 8. The third-order valence-corrected chi connectivity index (χ3v) is 5.35.